The second-order valence-electron chi connectivity index (χ2n) is 6.97. The molecule has 0 bridgehead atoms. The smallest absolute Gasteiger partial charge is 0.227 e. The summed E-state index contributed by atoms with van der Waals surface area (Å²) in [5.41, 5.74) is 2.00. The van der Waals surface area contributed by atoms with Crippen molar-refractivity contribution in [2.45, 2.75) is 27.3 Å². The van der Waals surface area contributed by atoms with Crippen LogP contribution in [0.15, 0.2) is 40.8 Å². The minimum absolute atomic E-state index is 0.627. The predicted octanol–water partition coefficient (Wildman–Crippen LogP) is 4.90. The average molecular weight is 338 g/mol. The Kier molecular flexibility index (Phi) is 5.09. The van der Waals surface area contributed by atoms with E-state index in [4.69, 9.17) is 14.1 Å². The van der Waals surface area contributed by atoms with E-state index in [-0.39, 0.29) is 0 Å². The van der Waals surface area contributed by atoms with Crippen LogP contribution in [0.25, 0.3) is 22.2 Å². The van der Waals surface area contributed by atoms with Gasteiger partial charge in [0, 0.05) is 24.0 Å². The molecule has 0 spiro atoms. The lowest BCUT2D eigenvalue weighted by atomic mass is 10.0. The van der Waals surface area contributed by atoms with Crippen LogP contribution in [0.1, 0.15) is 25.3 Å². The average Bonchev–Trinajstić information content (AvgIpc) is 2.93. The lowest BCUT2D eigenvalue weighted by molar-refractivity contribution is 0.284. The number of fused-ring (bicyclic) bond motifs is 1. The number of oxazole rings is 1. The molecule has 0 atom stereocenters. The summed E-state index contributed by atoms with van der Waals surface area (Å²) in [6, 6.07) is 12.2. The SMILES string of the molecule is COc1ccc(-c2nc(CN(C)CC(C)C)c(C)o2)c2ccccc12. The summed E-state index contributed by atoms with van der Waals surface area (Å²) in [5.74, 6) is 3.04. The number of hydrogen-bond acceptors (Lipinski definition) is 4. The van der Waals surface area contributed by atoms with E-state index < -0.39 is 0 Å². The molecule has 0 saturated carbocycles. The van der Waals surface area contributed by atoms with E-state index in [1.54, 1.807) is 7.11 Å². The lowest BCUT2D eigenvalue weighted by Gasteiger charge is -2.17. The van der Waals surface area contributed by atoms with E-state index in [1.165, 1.54) is 0 Å². The number of benzene rings is 2. The Morgan fingerprint density at radius 1 is 1.12 bits per heavy atom. The number of rotatable bonds is 6. The van der Waals surface area contributed by atoms with Crippen LogP contribution in [-0.4, -0.2) is 30.6 Å². The third-order valence-corrected chi connectivity index (χ3v) is 4.32. The van der Waals surface area contributed by atoms with Crippen molar-refractivity contribution in [2.75, 3.05) is 20.7 Å². The van der Waals surface area contributed by atoms with E-state index in [9.17, 15) is 0 Å². The van der Waals surface area contributed by atoms with Gasteiger partial charge in [0.2, 0.25) is 5.89 Å². The van der Waals surface area contributed by atoms with Gasteiger partial charge in [-0.15, -0.1) is 0 Å². The largest absolute Gasteiger partial charge is 0.496 e. The van der Waals surface area contributed by atoms with Gasteiger partial charge in [0.25, 0.3) is 0 Å². The number of nitrogens with zero attached hydrogens (tertiary/aromatic N) is 2. The van der Waals surface area contributed by atoms with Crippen molar-refractivity contribution >= 4 is 10.8 Å². The Bertz CT molecular complexity index is 867. The van der Waals surface area contributed by atoms with Crippen LogP contribution >= 0.6 is 0 Å². The van der Waals surface area contributed by atoms with Crippen LogP contribution in [-0.2, 0) is 6.54 Å². The van der Waals surface area contributed by atoms with E-state index in [1.807, 2.05) is 31.2 Å². The van der Waals surface area contributed by atoms with Gasteiger partial charge in [-0.1, -0.05) is 38.1 Å². The summed E-state index contributed by atoms with van der Waals surface area (Å²) in [6.45, 7) is 8.26. The van der Waals surface area contributed by atoms with Crippen LogP contribution in [0, 0.1) is 12.8 Å². The van der Waals surface area contributed by atoms with Crippen molar-refractivity contribution in [1.29, 1.82) is 0 Å². The molecule has 0 N–H and O–H groups in total. The van der Waals surface area contributed by atoms with Gasteiger partial charge in [-0.05, 0) is 37.4 Å². The minimum atomic E-state index is 0.627. The molecular weight excluding hydrogens is 312 g/mol. The summed E-state index contributed by atoms with van der Waals surface area (Å²) in [7, 11) is 3.82. The van der Waals surface area contributed by atoms with Crippen molar-refractivity contribution < 1.29 is 9.15 Å². The highest BCUT2D eigenvalue weighted by Crippen LogP contribution is 2.34. The van der Waals surface area contributed by atoms with Gasteiger partial charge in [-0.2, -0.15) is 0 Å². The first-order valence-electron chi connectivity index (χ1n) is 8.70. The Balaban J connectivity index is 1.98. The van der Waals surface area contributed by atoms with Crippen LogP contribution in [0.5, 0.6) is 5.75 Å². The number of aromatic nitrogens is 1. The first-order valence-corrected chi connectivity index (χ1v) is 8.70. The molecule has 132 valence electrons. The fourth-order valence-corrected chi connectivity index (χ4v) is 3.27. The number of aryl methyl sites for hydroxylation is 1. The van der Waals surface area contributed by atoms with Crippen LogP contribution in [0.4, 0.5) is 0 Å². The van der Waals surface area contributed by atoms with Crippen molar-refractivity contribution in [3.8, 4) is 17.2 Å². The summed E-state index contributed by atoms with van der Waals surface area (Å²) in [4.78, 5) is 7.07. The van der Waals surface area contributed by atoms with Gasteiger partial charge in [0.15, 0.2) is 0 Å². The molecule has 1 aromatic heterocycles. The van der Waals surface area contributed by atoms with Crippen molar-refractivity contribution in [1.82, 2.24) is 9.88 Å². The van der Waals surface area contributed by atoms with Gasteiger partial charge in [0.1, 0.15) is 11.5 Å². The quantitative estimate of drug-likeness (QED) is 0.641. The molecule has 0 amide bonds. The van der Waals surface area contributed by atoms with Crippen LogP contribution < -0.4 is 4.74 Å². The number of hydrogen-bond donors (Lipinski definition) is 0. The normalized spacial score (nSPS) is 11.6. The van der Waals surface area contributed by atoms with Gasteiger partial charge in [-0.25, -0.2) is 4.98 Å². The van der Waals surface area contributed by atoms with Gasteiger partial charge >= 0.3 is 0 Å². The van der Waals surface area contributed by atoms with Gasteiger partial charge in [-0.3, -0.25) is 0 Å². The Labute approximate surface area is 149 Å². The van der Waals surface area contributed by atoms with E-state index >= 15 is 0 Å². The molecule has 4 nitrogen and oxygen atoms in total. The van der Waals surface area contributed by atoms with Crippen molar-refractivity contribution in [2.24, 2.45) is 5.92 Å². The Morgan fingerprint density at radius 3 is 2.52 bits per heavy atom. The molecule has 3 aromatic rings. The summed E-state index contributed by atoms with van der Waals surface area (Å²) < 4.78 is 11.5. The molecule has 0 fully saturated rings. The van der Waals surface area contributed by atoms with Crippen molar-refractivity contribution in [3.63, 3.8) is 0 Å². The highest BCUT2D eigenvalue weighted by atomic mass is 16.5. The van der Waals surface area contributed by atoms with E-state index in [0.717, 1.165) is 46.6 Å². The highest BCUT2D eigenvalue weighted by molar-refractivity contribution is 5.98. The zero-order chi connectivity index (χ0) is 18.0. The molecule has 4 heteroatoms. The Hall–Kier alpha value is -2.33. The fourth-order valence-electron chi connectivity index (χ4n) is 3.27. The third-order valence-electron chi connectivity index (χ3n) is 4.32. The minimum Gasteiger partial charge on any atom is -0.496 e. The molecule has 25 heavy (non-hydrogen) atoms. The zero-order valence-electron chi connectivity index (χ0n) is 15.7. The topological polar surface area (TPSA) is 38.5 Å². The van der Waals surface area contributed by atoms with Crippen LogP contribution in [0.2, 0.25) is 0 Å². The van der Waals surface area contributed by atoms with E-state index in [0.29, 0.717) is 11.8 Å². The molecular formula is C21H26N2O2. The Morgan fingerprint density at radius 2 is 1.84 bits per heavy atom. The first kappa shape index (κ1) is 17.5. The highest BCUT2D eigenvalue weighted by Gasteiger charge is 2.16. The second-order valence-corrected chi connectivity index (χ2v) is 6.97. The molecule has 0 aliphatic carbocycles. The second kappa shape index (κ2) is 7.28. The maximum atomic E-state index is 6.01. The first-order chi connectivity index (χ1) is 12.0. The molecule has 0 aliphatic heterocycles. The van der Waals surface area contributed by atoms with Crippen molar-refractivity contribution in [3.05, 3.63) is 47.9 Å². The molecule has 0 unspecified atom stereocenters. The number of ether oxygens (including phenoxy) is 1. The monoisotopic (exact) mass is 338 g/mol. The summed E-state index contributed by atoms with van der Waals surface area (Å²) in [5, 5.41) is 2.15. The number of methoxy groups -OCH3 is 1. The molecule has 0 saturated heterocycles. The standard InChI is InChI=1S/C21H26N2O2/c1-14(2)12-23(4)13-19-15(3)25-21(22-19)18-10-11-20(24-5)17-9-7-6-8-16(17)18/h6-11,14H,12-13H2,1-5H3. The van der Waals surface area contributed by atoms with Gasteiger partial charge < -0.3 is 14.1 Å². The lowest BCUT2D eigenvalue weighted by Crippen LogP contribution is -2.23. The maximum Gasteiger partial charge on any atom is 0.227 e. The molecule has 0 radical (unpaired) electrons. The fraction of sp³-hybridized carbons (Fsp3) is 0.381. The molecule has 1 heterocycles. The summed E-state index contributed by atoms with van der Waals surface area (Å²) in [6.07, 6.45) is 0. The predicted molar refractivity (Wildman–Crippen MR) is 102 cm³/mol. The molecule has 3 rings (SSSR count). The zero-order valence-corrected chi connectivity index (χ0v) is 15.7. The summed E-state index contributed by atoms with van der Waals surface area (Å²) >= 11 is 0. The third kappa shape index (κ3) is 3.69. The molecule has 0 aliphatic rings. The maximum absolute atomic E-state index is 6.01. The van der Waals surface area contributed by atoms with E-state index in [2.05, 4.69) is 37.9 Å². The van der Waals surface area contributed by atoms with Crippen LogP contribution in [0.3, 0.4) is 0 Å². The molecule has 2 aromatic carbocycles. The van der Waals surface area contributed by atoms with Gasteiger partial charge in [0.05, 0.1) is 12.8 Å².